The predicted molar refractivity (Wildman–Crippen MR) is 118 cm³/mol. The van der Waals surface area contributed by atoms with Crippen molar-refractivity contribution in [1.29, 1.82) is 0 Å². The second-order valence-electron chi connectivity index (χ2n) is 9.32. The van der Waals surface area contributed by atoms with E-state index in [2.05, 4.69) is 0 Å². The summed E-state index contributed by atoms with van der Waals surface area (Å²) in [6.45, 7) is 7.87. The van der Waals surface area contributed by atoms with Gasteiger partial charge in [0.1, 0.15) is 35.0 Å². The first-order valence-corrected chi connectivity index (χ1v) is 10.6. The van der Waals surface area contributed by atoms with Gasteiger partial charge < -0.3 is 29.9 Å². The third-order valence-electron chi connectivity index (χ3n) is 6.09. The molecular formula is C25H28O7. The summed E-state index contributed by atoms with van der Waals surface area (Å²) in [6, 6.07) is 2.44. The number of carbonyl (C=O) groups excluding carboxylic acids is 1. The lowest BCUT2D eigenvalue weighted by atomic mass is 9.82. The van der Waals surface area contributed by atoms with E-state index in [1.165, 1.54) is 12.1 Å². The molecule has 2 aromatic carbocycles. The number of Topliss-reactive ketones (excluding diaryl/α,β-unsaturated/α-hetero) is 1. The third-order valence-corrected chi connectivity index (χ3v) is 6.09. The molecule has 2 aliphatic rings. The molecule has 0 amide bonds. The number of ketones is 1. The van der Waals surface area contributed by atoms with Crippen LogP contribution in [0.15, 0.2) is 23.8 Å². The van der Waals surface area contributed by atoms with Crippen molar-refractivity contribution in [3.63, 3.8) is 0 Å². The average molecular weight is 440 g/mol. The van der Waals surface area contributed by atoms with E-state index in [-0.39, 0.29) is 29.3 Å². The van der Waals surface area contributed by atoms with Crippen LogP contribution in [-0.2, 0) is 12.8 Å². The Kier molecular flexibility index (Phi) is 5.23. The van der Waals surface area contributed by atoms with Crippen LogP contribution in [0.4, 0.5) is 0 Å². The van der Waals surface area contributed by atoms with E-state index in [0.29, 0.717) is 29.9 Å². The lowest BCUT2D eigenvalue weighted by Crippen LogP contribution is -2.35. The molecule has 4 N–H and O–H groups in total. The van der Waals surface area contributed by atoms with Gasteiger partial charge in [-0.1, -0.05) is 11.6 Å². The van der Waals surface area contributed by atoms with Gasteiger partial charge in [-0.05, 0) is 64.7 Å². The Morgan fingerprint density at radius 1 is 1.09 bits per heavy atom. The van der Waals surface area contributed by atoms with Crippen molar-refractivity contribution in [2.45, 2.75) is 58.5 Å². The van der Waals surface area contributed by atoms with Crippen molar-refractivity contribution in [3.8, 4) is 34.5 Å². The Morgan fingerprint density at radius 3 is 2.38 bits per heavy atom. The first-order chi connectivity index (χ1) is 15.0. The molecule has 0 aliphatic carbocycles. The number of phenolic OH excluding ortho intramolecular Hbond substituents is 4. The van der Waals surface area contributed by atoms with E-state index in [1.54, 1.807) is 0 Å². The fourth-order valence-corrected chi connectivity index (χ4v) is 4.28. The van der Waals surface area contributed by atoms with Crippen molar-refractivity contribution in [2.75, 3.05) is 6.61 Å². The second kappa shape index (κ2) is 7.65. The highest BCUT2D eigenvalue weighted by Crippen LogP contribution is 2.51. The summed E-state index contributed by atoms with van der Waals surface area (Å²) in [6.07, 6.45) is 3.75. The van der Waals surface area contributed by atoms with E-state index in [1.807, 2.05) is 33.8 Å². The van der Waals surface area contributed by atoms with Gasteiger partial charge >= 0.3 is 0 Å². The molecule has 0 spiro atoms. The Bertz CT molecular complexity index is 1120. The van der Waals surface area contributed by atoms with Crippen LogP contribution in [0.1, 0.15) is 67.1 Å². The van der Waals surface area contributed by atoms with Crippen LogP contribution >= 0.6 is 0 Å². The average Bonchev–Trinajstić information content (AvgIpc) is 2.70. The van der Waals surface area contributed by atoms with Gasteiger partial charge in [-0.3, -0.25) is 4.79 Å². The SMILES string of the molecule is CC(C)=CCc1c(O)c2c(c3c1OC(C)(C)CC3)OCC(c1cc(O)c(O)c(O)c1)C2=O. The number of rotatable bonds is 3. The molecule has 1 atom stereocenters. The number of hydrogen-bond acceptors (Lipinski definition) is 7. The zero-order valence-electron chi connectivity index (χ0n) is 18.7. The Morgan fingerprint density at radius 2 is 1.75 bits per heavy atom. The molecule has 2 aliphatic heterocycles. The zero-order chi connectivity index (χ0) is 23.4. The summed E-state index contributed by atoms with van der Waals surface area (Å²) < 4.78 is 12.2. The highest BCUT2D eigenvalue weighted by molar-refractivity contribution is 6.07. The zero-order valence-corrected chi connectivity index (χ0v) is 18.7. The lowest BCUT2D eigenvalue weighted by molar-refractivity contribution is 0.0788. The van der Waals surface area contributed by atoms with Gasteiger partial charge in [0.15, 0.2) is 23.0 Å². The molecule has 1 unspecified atom stereocenters. The molecule has 32 heavy (non-hydrogen) atoms. The number of aromatic hydroxyl groups is 4. The van der Waals surface area contributed by atoms with Gasteiger partial charge in [0.25, 0.3) is 0 Å². The monoisotopic (exact) mass is 440 g/mol. The number of allylic oxidation sites excluding steroid dienone is 2. The maximum atomic E-state index is 13.5. The number of carbonyl (C=O) groups is 1. The highest BCUT2D eigenvalue weighted by Gasteiger charge is 2.40. The largest absolute Gasteiger partial charge is 0.507 e. The van der Waals surface area contributed by atoms with E-state index < -0.39 is 28.8 Å². The first-order valence-electron chi connectivity index (χ1n) is 10.6. The van der Waals surface area contributed by atoms with Gasteiger partial charge in [-0.2, -0.15) is 0 Å². The van der Waals surface area contributed by atoms with Crippen molar-refractivity contribution in [3.05, 3.63) is 46.0 Å². The molecule has 170 valence electrons. The van der Waals surface area contributed by atoms with Crippen LogP contribution in [0.3, 0.4) is 0 Å². The molecule has 4 rings (SSSR count). The van der Waals surface area contributed by atoms with Gasteiger partial charge in [0, 0.05) is 11.1 Å². The number of hydrogen-bond donors (Lipinski definition) is 4. The molecule has 0 bridgehead atoms. The smallest absolute Gasteiger partial charge is 0.200 e. The quantitative estimate of drug-likeness (QED) is 0.411. The lowest BCUT2D eigenvalue weighted by Gasteiger charge is -2.37. The van der Waals surface area contributed by atoms with Crippen LogP contribution < -0.4 is 9.47 Å². The maximum Gasteiger partial charge on any atom is 0.200 e. The summed E-state index contributed by atoms with van der Waals surface area (Å²) >= 11 is 0. The van der Waals surface area contributed by atoms with Gasteiger partial charge in [0.2, 0.25) is 0 Å². The summed E-state index contributed by atoms with van der Waals surface area (Å²) in [7, 11) is 0. The Hall–Kier alpha value is -3.35. The molecule has 0 fully saturated rings. The second-order valence-corrected chi connectivity index (χ2v) is 9.32. The topological polar surface area (TPSA) is 116 Å². The van der Waals surface area contributed by atoms with Crippen molar-refractivity contribution in [2.24, 2.45) is 0 Å². The minimum absolute atomic E-state index is 0.0297. The summed E-state index contributed by atoms with van der Waals surface area (Å²) in [5.74, 6) is -2.22. The van der Waals surface area contributed by atoms with E-state index in [4.69, 9.17) is 9.47 Å². The van der Waals surface area contributed by atoms with E-state index in [0.717, 1.165) is 17.6 Å². The normalized spacial score (nSPS) is 18.8. The van der Waals surface area contributed by atoms with Crippen LogP contribution in [0, 0.1) is 0 Å². The molecule has 0 radical (unpaired) electrons. The predicted octanol–water partition coefficient (Wildman–Crippen LogP) is 4.48. The fraction of sp³-hybridized carbons (Fsp3) is 0.400. The van der Waals surface area contributed by atoms with Crippen molar-refractivity contribution in [1.82, 2.24) is 0 Å². The molecule has 7 heteroatoms. The summed E-state index contributed by atoms with van der Waals surface area (Å²) in [4.78, 5) is 13.5. The molecule has 0 aromatic heterocycles. The van der Waals surface area contributed by atoms with E-state index in [9.17, 15) is 25.2 Å². The van der Waals surface area contributed by atoms with Gasteiger partial charge in [-0.25, -0.2) is 0 Å². The van der Waals surface area contributed by atoms with Crippen LogP contribution in [-0.4, -0.2) is 38.4 Å². The van der Waals surface area contributed by atoms with Crippen LogP contribution in [0.5, 0.6) is 34.5 Å². The molecule has 2 aromatic rings. The Labute approximate surface area is 186 Å². The van der Waals surface area contributed by atoms with Gasteiger partial charge in [-0.15, -0.1) is 0 Å². The molecular weight excluding hydrogens is 412 g/mol. The fourth-order valence-electron chi connectivity index (χ4n) is 4.28. The minimum Gasteiger partial charge on any atom is -0.507 e. The van der Waals surface area contributed by atoms with Crippen molar-refractivity contribution >= 4 is 5.78 Å². The number of phenols is 4. The maximum absolute atomic E-state index is 13.5. The molecule has 0 saturated heterocycles. The number of benzene rings is 2. The number of ether oxygens (including phenoxy) is 2. The van der Waals surface area contributed by atoms with E-state index >= 15 is 0 Å². The number of fused-ring (bicyclic) bond motifs is 3. The highest BCUT2D eigenvalue weighted by atomic mass is 16.5. The summed E-state index contributed by atoms with van der Waals surface area (Å²) in [5, 5.41) is 40.6. The first kappa shape index (κ1) is 21.9. The molecule has 0 saturated carbocycles. The standard InChI is InChI=1S/C25H28O7/c1-12(2)5-6-14-20(28)19-21(29)16(13-9-17(26)22(30)18(27)10-13)11-31-24(19)15-7-8-25(3,4)32-23(14)15/h5,9-10,16,26-28,30H,6-8,11H2,1-4H3. The molecule has 2 heterocycles. The van der Waals surface area contributed by atoms with Crippen LogP contribution in [0.2, 0.25) is 0 Å². The van der Waals surface area contributed by atoms with Gasteiger partial charge in [0.05, 0.1) is 5.92 Å². The third kappa shape index (κ3) is 3.61. The summed E-state index contributed by atoms with van der Waals surface area (Å²) in [5.41, 5.74) is 2.36. The minimum atomic E-state index is -0.860. The van der Waals surface area contributed by atoms with Crippen molar-refractivity contribution < 1.29 is 34.7 Å². The van der Waals surface area contributed by atoms with Crippen LogP contribution in [0.25, 0.3) is 0 Å². The Balaban J connectivity index is 1.87. The molecule has 7 nitrogen and oxygen atoms in total.